The SMILES string of the molecule is NCCc1c(-c2ccc3c(c2)OCO3)nc2ccccn12. The number of rotatable bonds is 3. The summed E-state index contributed by atoms with van der Waals surface area (Å²) in [5.41, 5.74) is 9.77. The Balaban J connectivity index is 1.91. The van der Waals surface area contributed by atoms with Gasteiger partial charge >= 0.3 is 0 Å². The van der Waals surface area contributed by atoms with Gasteiger partial charge in [-0.25, -0.2) is 4.98 Å². The molecule has 0 fully saturated rings. The number of hydrogen-bond acceptors (Lipinski definition) is 4. The third-order valence-electron chi connectivity index (χ3n) is 3.66. The molecule has 5 heteroatoms. The standard InChI is InChI=1S/C16H15N3O2/c17-7-6-12-16(18-15-3-1-2-8-19(12)15)11-4-5-13-14(9-11)21-10-20-13/h1-5,8-9H,6-7,10,17H2. The maximum Gasteiger partial charge on any atom is 0.231 e. The number of nitrogens with zero attached hydrogens (tertiary/aromatic N) is 2. The van der Waals surface area contributed by atoms with Crippen LogP contribution in [0, 0.1) is 0 Å². The first-order valence-electron chi connectivity index (χ1n) is 6.93. The molecule has 2 aromatic heterocycles. The fraction of sp³-hybridized carbons (Fsp3) is 0.188. The third-order valence-corrected chi connectivity index (χ3v) is 3.66. The minimum Gasteiger partial charge on any atom is -0.454 e. The number of pyridine rings is 1. The molecule has 106 valence electrons. The molecule has 1 aromatic carbocycles. The molecule has 0 aliphatic carbocycles. The molecule has 1 aliphatic rings. The molecule has 5 nitrogen and oxygen atoms in total. The number of fused-ring (bicyclic) bond motifs is 2. The average Bonchev–Trinajstić information content (AvgIpc) is 3.11. The first-order chi connectivity index (χ1) is 10.4. The smallest absolute Gasteiger partial charge is 0.231 e. The van der Waals surface area contributed by atoms with Gasteiger partial charge in [0.1, 0.15) is 5.65 Å². The van der Waals surface area contributed by atoms with Crippen LogP contribution in [-0.4, -0.2) is 22.7 Å². The van der Waals surface area contributed by atoms with Crippen molar-refractivity contribution in [2.45, 2.75) is 6.42 Å². The zero-order valence-corrected chi connectivity index (χ0v) is 11.5. The summed E-state index contributed by atoms with van der Waals surface area (Å²) in [5.74, 6) is 1.55. The van der Waals surface area contributed by atoms with E-state index in [-0.39, 0.29) is 6.79 Å². The molecule has 0 amide bonds. The van der Waals surface area contributed by atoms with Crippen molar-refractivity contribution in [1.29, 1.82) is 0 Å². The molecule has 2 N–H and O–H groups in total. The number of aromatic nitrogens is 2. The third kappa shape index (κ3) is 1.94. The van der Waals surface area contributed by atoms with E-state index in [1.807, 2.05) is 42.6 Å². The Bertz CT molecular complexity index is 810. The quantitative estimate of drug-likeness (QED) is 0.799. The van der Waals surface area contributed by atoms with E-state index in [2.05, 4.69) is 4.40 Å². The molecule has 4 rings (SSSR count). The van der Waals surface area contributed by atoms with Gasteiger partial charge in [0.25, 0.3) is 0 Å². The summed E-state index contributed by atoms with van der Waals surface area (Å²) in [6.45, 7) is 0.861. The van der Waals surface area contributed by atoms with Gasteiger partial charge in [0.05, 0.1) is 11.4 Å². The molecule has 0 spiro atoms. The Morgan fingerprint density at radius 2 is 2.05 bits per heavy atom. The van der Waals surface area contributed by atoms with Crippen molar-refractivity contribution in [1.82, 2.24) is 9.38 Å². The second-order valence-corrected chi connectivity index (χ2v) is 4.94. The van der Waals surface area contributed by atoms with Crippen molar-refractivity contribution < 1.29 is 9.47 Å². The largest absolute Gasteiger partial charge is 0.454 e. The average molecular weight is 281 g/mol. The lowest BCUT2D eigenvalue weighted by molar-refractivity contribution is 0.174. The van der Waals surface area contributed by atoms with Gasteiger partial charge in [0.2, 0.25) is 6.79 Å². The van der Waals surface area contributed by atoms with E-state index >= 15 is 0 Å². The van der Waals surface area contributed by atoms with Crippen molar-refractivity contribution in [3.05, 3.63) is 48.3 Å². The van der Waals surface area contributed by atoms with E-state index in [1.165, 1.54) is 0 Å². The highest BCUT2D eigenvalue weighted by Gasteiger charge is 2.18. The predicted octanol–water partition coefficient (Wildman–Crippen LogP) is 2.23. The van der Waals surface area contributed by atoms with E-state index in [4.69, 9.17) is 20.2 Å². The second kappa shape index (κ2) is 4.79. The highest BCUT2D eigenvalue weighted by Crippen LogP contribution is 2.36. The Morgan fingerprint density at radius 3 is 2.95 bits per heavy atom. The fourth-order valence-corrected chi connectivity index (χ4v) is 2.70. The number of benzene rings is 1. The molecule has 3 heterocycles. The van der Waals surface area contributed by atoms with Crippen molar-refractivity contribution >= 4 is 5.65 Å². The van der Waals surface area contributed by atoms with E-state index in [0.29, 0.717) is 6.54 Å². The zero-order chi connectivity index (χ0) is 14.2. The van der Waals surface area contributed by atoms with Gasteiger partial charge in [0.15, 0.2) is 11.5 Å². The van der Waals surface area contributed by atoms with Crippen LogP contribution < -0.4 is 15.2 Å². The Kier molecular flexibility index (Phi) is 2.79. The van der Waals surface area contributed by atoms with E-state index in [9.17, 15) is 0 Å². The van der Waals surface area contributed by atoms with Gasteiger partial charge in [-0.1, -0.05) is 6.07 Å². The Morgan fingerprint density at radius 1 is 1.14 bits per heavy atom. The van der Waals surface area contributed by atoms with Crippen LogP contribution in [0.25, 0.3) is 16.9 Å². The predicted molar refractivity (Wildman–Crippen MR) is 79.5 cm³/mol. The van der Waals surface area contributed by atoms with Gasteiger partial charge in [-0.3, -0.25) is 0 Å². The molecule has 1 aliphatic heterocycles. The van der Waals surface area contributed by atoms with E-state index < -0.39 is 0 Å². The van der Waals surface area contributed by atoms with Crippen LogP contribution in [0.15, 0.2) is 42.6 Å². The van der Waals surface area contributed by atoms with E-state index in [1.54, 1.807) is 0 Å². The first-order valence-corrected chi connectivity index (χ1v) is 6.93. The monoisotopic (exact) mass is 281 g/mol. The van der Waals surface area contributed by atoms with Crippen LogP contribution in [0.3, 0.4) is 0 Å². The highest BCUT2D eigenvalue weighted by molar-refractivity contribution is 5.69. The van der Waals surface area contributed by atoms with Gasteiger partial charge in [-0.2, -0.15) is 0 Å². The van der Waals surface area contributed by atoms with Crippen LogP contribution in [0.2, 0.25) is 0 Å². The summed E-state index contributed by atoms with van der Waals surface area (Å²) in [5, 5.41) is 0. The van der Waals surface area contributed by atoms with Crippen LogP contribution in [0.5, 0.6) is 11.5 Å². The number of nitrogens with two attached hydrogens (primary N) is 1. The van der Waals surface area contributed by atoms with Crippen molar-refractivity contribution in [3.8, 4) is 22.8 Å². The lowest BCUT2D eigenvalue weighted by Gasteiger charge is -2.04. The van der Waals surface area contributed by atoms with Crippen LogP contribution in [0.1, 0.15) is 5.69 Å². The summed E-state index contributed by atoms with van der Waals surface area (Å²) in [6.07, 6.45) is 2.79. The molecule has 0 saturated heterocycles. The second-order valence-electron chi connectivity index (χ2n) is 4.94. The minimum atomic E-state index is 0.277. The number of hydrogen-bond donors (Lipinski definition) is 1. The van der Waals surface area contributed by atoms with Gasteiger partial charge < -0.3 is 19.6 Å². The molecule has 0 radical (unpaired) electrons. The Labute approximate surface area is 121 Å². The van der Waals surface area contributed by atoms with Gasteiger partial charge in [-0.15, -0.1) is 0 Å². The minimum absolute atomic E-state index is 0.277. The summed E-state index contributed by atoms with van der Waals surface area (Å²) < 4.78 is 12.9. The molecule has 3 aromatic rings. The lowest BCUT2D eigenvalue weighted by atomic mass is 10.1. The van der Waals surface area contributed by atoms with Crippen molar-refractivity contribution in [2.75, 3.05) is 13.3 Å². The zero-order valence-electron chi connectivity index (χ0n) is 11.5. The van der Waals surface area contributed by atoms with Crippen LogP contribution >= 0.6 is 0 Å². The normalized spacial score (nSPS) is 13.0. The first kappa shape index (κ1) is 12.2. The maximum absolute atomic E-state index is 5.76. The molecule has 0 saturated carbocycles. The molecule has 0 unspecified atom stereocenters. The molecule has 0 bridgehead atoms. The molecular weight excluding hydrogens is 266 g/mol. The molecule has 21 heavy (non-hydrogen) atoms. The topological polar surface area (TPSA) is 61.8 Å². The van der Waals surface area contributed by atoms with Gasteiger partial charge in [-0.05, 0) is 36.9 Å². The summed E-state index contributed by atoms with van der Waals surface area (Å²) in [7, 11) is 0. The maximum atomic E-state index is 5.76. The summed E-state index contributed by atoms with van der Waals surface area (Å²) in [4.78, 5) is 4.74. The van der Waals surface area contributed by atoms with Crippen molar-refractivity contribution in [2.24, 2.45) is 5.73 Å². The summed E-state index contributed by atoms with van der Waals surface area (Å²) >= 11 is 0. The number of ether oxygens (including phenoxy) is 2. The van der Waals surface area contributed by atoms with E-state index in [0.717, 1.165) is 40.5 Å². The lowest BCUT2D eigenvalue weighted by Crippen LogP contribution is -2.06. The van der Waals surface area contributed by atoms with Crippen LogP contribution in [0.4, 0.5) is 0 Å². The fourth-order valence-electron chi connectivity index (χ4n) is 2.70. The van der Waals surface area contributed by atoms with Crippen molar-refractivity contribution in [3.63, 3.8) is 0 Å². The number of imidazole rings is 1. The van der Waals surface area contributed by atoms with Gasteiger partial charge in [0, 0.05) is 18.2 Å². The highest BCUT2D eigenvalue weighted by atomic mass is 16.7. The molecule has 0 atom stereocenters. The molecular formula is C16H15N3O2. The van der Waals surface area contributed by atoms with Crippen LogP contribution in [-0.2, 0) is 6.42 Å². The summed E-state index contributed by atoms with van der Waals surface area (Å²) in [6, 6.07) is 11.9. The Hall–Kier alpha value is -2.53.